The molecular weight excluding hydrogens is 197 g/mol. The van der Waals surface area contributed by atoms with E-state index < -0.39 is 5.60 Å². The second kappa shape index (κ2) is 3.35. The van der Waals surface area contributed by atoms with Crippen molar-refractivity contribution in [3.8, 4) is 0 Å². The maximum absolute atomic E-state index is 12.4. The third-order valence-corrected chi connectivity index (χ3v) is 3.20. The first-order valence-electron chi connectivity index (χ1n) is 5.46. The molecule has 2 aliphatic rings. The molecule has 0 bridgehead atoms. The van der Waals surface area contributed by atoms with Crippen LogP contribution in [0, 0.1) is 17.8 Å². The second-order valence-electron chi connectivity index (χ2n) is 5.53. The lowest BCUT2D eigenvalue weighted by molar-refractivity contribution is 0.0263. The summed E-state index contributed by atoms with van der Waals surface area (Å²) in [6.45, 7) is 6.67. The number of carbonyl (C=O) groups is 1. The van der Waals surface area contributed by atoms with Gasteiger partial charge in [0.05, 0.1) is 6.67 Å². The molecule has 15 heavy (non-hydrogen) atoms. The SMILES string of the molecule is CC(C)(C)OC(=O)N1CC2C(CF)C2C1. The first-order valence-corrected chi connectivity index (χ1v) is 5.46. The third-order valence-electron chi connectivity index (χ3n) is 3.20. The second-order valence-corrected chi connectivity index (χ2v) is 5.53. The predicted octanol–water partition coefficient (Wildman–Crippen LogP) is 2.07. The number of carbonyl (C=O) groups excluding carboxylic acids is 1. The molecule has 0 aromatic rings. The van der Waals surface area contributed by atoms with Gasteiger partial charge in [-0.1, -0.05) is 0 Å². The highest BCUT2D eigenvalue weighted by Crippen LogP contribution is 2.51. The summed E-state index contributed by atoms with van der Waals surface area (Å²) < 4.78 is 17.6. The molecule has 4 heteroatoms. The van der Waals surface area contributed by atoms with Crippen LogP contribution in [0.5, 0.6) is 0 Å². The number of fused-ring (bicyclic) bond motifs is 1. The van der Waals surface area contributed by atoms with E-state index >= 15 is 0 Å². The fourth-order valence-electron chi connectivity index (χ4n) is 2.35. The van der Waals surface area contributed by atoms with Gasteiger partial charge in [0.15, 0.2) is 0 Å². The van der Waals surface area contributed by atoms with Crippen LogP contribution in [-0.2, 0) is 4.74 Å². The van der Waals surface area contributed by atoms with Gasteiger partial charge in [0.25, 0.3) is 0 Å². The Morgan fingerprint density at radius 1 is 1.40 bits per heavy atom. The van der Waals surface area contributed by atoms with E-state index in [-0.39, 0.29) is 18.7 Å². The Morgan fingerprint density at radius 3 is 2.33 bits per heavy atom. The van der Waals surface area contributed by atoms with E-state index in [1.54, 1.807) is 4.90 Å². The lowest BCUT2D eigenvalue weighted by atomic mass is 10.2. The number of nitrogens with zero attached hydrogens (tertiary/aromatic N) is 1. The topological polar surface area (TPSA) is 29.5 Å². The van der Waals surface area contributed by atoms with Crippen LogP contribution in [0.25, 0.3) is 0 Å². The fourth-order valence-corrected chi connectivity index (χ4v) is 2.35. The van der Waals surface area contributed by atoms with Crippen molar-refractivity contribution in [3.63, 3.8) is 0 Å². The van der Waals surface area contributed by atoms with Crippen molar-refractivity contribution >= 4 is 6.09 Å². The van der Waals surface area contributed by atoms with E-state index in [1.165, 1.54) is 0 Å². The lowest BCUT2D eigenvalue weighted by Gasteiger charge is -2.25. The lowest BCUT2D eigenvalue weighted by Crippen LogP contribution is -2.37. The molecule has 2 atom stereocenters. The van der Waals surface area contributed by atoms with Gasteiger partial charge >= 0.3 is 6.09 Å². The molecule has 1 aliphatic carbocycles. The minimum absolute atomic E-state index is 0.212. The highest BCUT2D eigenvalue weighted by molar-refractivity contribution is 5.68. The van der Waals surface area contributed by atoms with Crippen LogP contribution < -0.4 is 0 Å². The normalized spacial score (nSPS) is 33.9. The zero-order chi connectivity index (χ0) is 11.2. The Labute approximate surface area is 89.6 Å². The Hall–Kier alpha value is -0.800. The van der Waals surface area contributed by atoms with E-state index in [1.807, 2.05) is 20.8 Å². The number of likely N-dealkylation sites (tertiary alicyclic amines) is 1. The monoisotopic (exact) mass is 215 g/mol. The predicted molar refractivity (Wildman–Crippen MR) is 54.3 cm³/mol. The summed E-state index contributed by atoms with van der Waals surface area (Å²) >= 11 is 0. The average Bonchev–Trinajstić information content (AvgIpc) is 2.54. The molecule has 0 aromatic heterocycles. The summed E-state index contributed by atoms with van der Waals surface area (Å²) in [6.07, 6.45) is -0.257. The number of piperidine rings is 1. The number of alkyl halides is 1. The van der Waals surface area contributed by atoms with Crippen molar-refractivity contribution in [2.45, 2.75) is 26.4 Å². The van der Waals surface area contributed by atoms with E-state index in [0.29, 0.717) is 24.9 Å². The van der Waals surface area contributed by atoms with Gasteiger partial charge in [0.2, 0.25) is 0 Å². The summed E-state index contributed by atoms with van der Waals surface area (Å²) in [5.41, 5.74) is -0.441. The first-order chi connectivity index (χ1) is 6.92. The quantitative estimate of drug-likeness (QED) is 0.670. The van der Waals surface area contributed by atoms with Crippen LogP contribution in [0.4, 0.5) is 9.18 Å². The Balaban J connectivity index is 1.82. The summed E-state index contributed by atoms with van der Waals surface area (Å²) in [7, 11) is 0. The molecule has 0 radical (unpaired) electrons. The van der Waals surface area contributed by atoms with Crippen LogP contribution in [0.1, 0.15) is 20.8 Å². The standard InChI is InChI=1S/C11H18FNO2/c1-11(2,3)15-10(14)13-5-8-7(4-12)9(8)6-13/h7-9H,4-6H2,1-3H3. The fraction of sp³-hybridized carbons (Fsp3) is 0.909. The number of hydrogen-bond donors (Lipinski definition) is 0. The van der Waals surface area contributed by atoms with Gasteiger partial charge in [-0.3, -0.25) is 4.39 Å². The van der Waals surface area contributed by atoms with Crippen LogP contribution in [0.3, 0.4) is 0 Å². The highest BCUT2D eigenvalue weighted by Gasteiger charge is 2.56. The zero-order valence-electron chi connectivity index (χ0n) is 9.50. The summed E-state index contributed by atoms with van der Waals surface area (Å²) in [6, 6.07) is 0. The van der Waals surface area contributed by atoms with Gasteiger partial charge in [0, 0.05) is 13.1 Å². The Bertz CT molecular complexity index is 262. The molecule has 1 amide bonds. The molecule has 2 unspecified atom stereocenters. The van der Waals surface area contributed by atoms with Crippen molar-refractivity contribution < 1.29 is 13.9 Å². The van der Waals surface area contributed by atoms with Crippen molar-refractivity contribution in [2.75, 3.05) is 19.8 Å². The number of ether oxygens (including phenoxy) is 1. The Kier molecular flexibility index (Phi) is 2.40. The zero-order valence-corrected chi connectivity index (χ0v) is 9.50. The van der Waals surface area contributed by atoms with Crippen LogP contribution in [0.15, 0.2) is 0 Å². The molecule has 1 saturated carbocycles. The minimum atomic E-state index is -0.441. The Morgan fingerprint density at radius 2 is 1.93 bits per heavy atom. The van der Waals surface area contributed by atoms with Gasteiger partial charge < -0.3 is 9.64 Å². The molecule has 0 spiro atoms. The largest absolute Gasteiger partial charge is 0.444 e. The van der Waals surface area contributed by atoms with Gasteiger partial charge in [-0.05, 0) is 38.5 Å². The van der Waals surface area contributed by atoms with E-state index in [4.69, 9.17) is 4.74 Å². The number of amides is 1. The molecule has 2 rings (SSSR count). The molecule has 0 N–H and O–H groups in total. The molecule has 1 aliphatic heterocycles. The average molecular weight is 215 g/mol. The molecule has 3 nitrogen and oxygen atoms in total. The van der Waals surface area contributed by atoms with E-state index in [9.17, 15) is 9.18 Å². The maximum Gasteiger partial charge on any atom is 0.410 e. The van der Waals surface area contributed by atoms with Gasteiger partial charge in [-0.25, -0.2) is 4.79 Å². The molecule has 1 saturated heterocycles. The van der Waals surface area contributed by atoms with Crippen LogP contribution in [-0.4, -0.2) is 36.4 Å². The minimum Gasteiger partial charge on any atom is -0.444 e. The number of rotatable bonds is 1. The summed E-state index contributed by atoms with van der Waals surface area (Å²) in [4.78, 5) is 13.3. The first kappa shape index (κ1) is 10.7. The molecule has 1 heterocycles. The molecule has 2 fully saturated rings. The molecular formula is C11H18FNO2. The van der Waals surface area contributed by atoms with E-state index in [2.05, 4.69) is 0 Å². The highest BCUT2D eigenvalue weighted by atomic mass is 19.1. The molecule has 0 aromatic carbocycles. The molecule has 86 valence electrons. The van der Waals surface area contributed by atoms with Crippen molar-refractivity contribution in [1.29, 1.82) is 0 Å². The maximum atomic E-state index is 12.4. The third kappa shape index (κ3) is 2.08. The van der Waals surface area contributed by atoms with Crippen LogP contribution in [0.2, 0.25) is 0 Å². The van der Waals surface area contributed by atoms with Crippen LogP contribution >= 0.6 is 0 Å². The number of hydrogen-bond acceptors (Lipinski definition) is 2. The van der Waals surface area contributed by atoms with Gasteiger partial charge in [0.1, 0.15) is 5.60 Å². The van der Waals surface area contributed by atoms with Crippen molar-refractivity contribution in [1.82, 2.24) is 4.90 Å². The van der Waals surface area contributed by atoms with E-state index in [0.717, 1.165) is 0 Å². The van der Waals surface area contributed by atoms with Gasteiger partial charge in [-0.2, -0.15) is 0 Å². The summed E-state index contributed by atoms with van der Waals surface area (Å²) in [5, 5.41) is 0. The van der Waals surface area contributed by atoms with Crippen molar-refractivity contribution in [3.05, 3.63) is 0 Å². The van der Waals surface area contributed by atoms with Gasteiger partial charge in [-0.15, -0.1) is 0 Å². The summed E-state index contributed by atoms with van der Waals surface area (Å²) in [5.74, 6) is 0.994. The van der Waals surface area contributed by atoms with Crippen molar-refractivity contribution in [2.24, 2.45) is 17.8 Å². The smallest absolute Gasteiger partial charge is 0.410 e. The number of halogens is 1.